The van der Waals surface area contributed by atoms with Crippen molar-refractivity contribution in [3.8, 4) is 5.75 Å². The molecule has 0 amide bonds. The molecule has 0 aliphatic rings. The highest BCUT2D eigenvalue weighted by atomic mass is 32.2. The number of methoxy groups -OCH3 is 1. The Balaban J connectivity index is 2.26. The molecule has 2 rings (SSSR count). The van der Waals surface area contributed by atoms with Crippen LogP contribution < -0.4 is 9.46 Å². The predicted molar refractivity (Wildman–Crippen MR) is 80.7 cm³/mol. The molecule has 0 unspecified atom stereocenters. The molecular formula is C14H17NO3S2. The average Bonchev–Trinajstić information content (AvgIpc) is 2.92. The standard InChI is InChI=1S/C14H17NO3S2/c1-14(2,11-6-8-12(18-3)9-7-11)15-20(16,17)13-5-4-10-19-13/h4-10,15H,1-3H3. The summed E-state index contributed by atoms with van der Waals surface area (Å²) in [7, 11) is -1.90. The molecule has 0 bridgehead atoms. The van der Waals surface area contributed by atoms with Crippen molar-refractivity contribution in [3.63, 3.8) is 0 Å². The van der Waals surface area contributed by atoms with Gasteiger partial charge in [0, 0.05) is 0 Å². The molecule has 0 aliphatic heterocycles. The number of hydrogen-bond donors (Lipinski definition) is 1. The van der Waals surface area contributed by atoms with Gasteiger partial charge in [-0.25, -0.2) is 13.1 Å². The van der Waals surface area contributed by atoms with E-state index >= 15 is 0 Å². The lowest BCUT2D eigenvalue weighted by Crippen LogP contribution is -2.40. The molecule has 1 aromatic carbocycles. The van der Waals surface area contributed by atoms with Crippen LogP contribution >= 0.6 is 11.3 Å². The Hall–Kier alpha value is -1.37. The fourth-order valence-corrected chi connectivity index (χ4v) is 4.26. The van der Waals surface area contributed by atoms with Crippen molar-refractivity contribution in [2.24, 2.45) is 0 Å². The zero-order valence-electron chi connectivity index (χ0n) is 11.6. The second-order valence-corrected chi connectivity index (χ2v) is 7.75. The quantitative estimate of drug-likeness (QED) is 0.923. The molecule has 20 heavy (non-hydrogen) atoms. The van der Waals surface area contributed by atoms with Gasteiger partial charge in [0.15, 0.2) is 0 Å². The van der Waals surface area contributed by atoms with Crippen molar-refractivity contribution >= 4 is 21.4 Å². The number of hydrogen-bond acceptors (Lipinski definition) is 4. The molecule has 1 N–H and O–H groups in total. The lowest BCUT2D eigenvalue weighted by Gasteiger charge is -2.26. The van der Waals surface area contributed by atoms with Crippen LogP contribution in [0, 0.1) is 0 Å². The van der Waals surface area contributed by atoms with Crippen LogP contribution in [0.2, 0.25) is 0 Å². The Morgan fingerprint density at radius 3 is 2.30 bits per heavy atom. The zero-order valence-corrected chi connectivity index (χ0v) is 13.2. The Bertz CT molecular complexity index is 659. The highest BCUT2D eigenvalue weighted by molar-refractivity contribution is 7.91. The SMILES string of the molecule is COc1ccc(C(C)(C)NS(=O)(=O)c2cccs2)cc1. The molecular weight excluding hydrogens is 294 g/mol. The summed E-state index contributed by atoms with van der Waals surface area (Å²) in [5.41, 5.74) is 0.174. The number of nitrogens with one attached hydrogen (secondary N) is 1. The van der Waals surface area contributed by atoms with Gasteiger partial charge in [0.1, 0.15) is 9.96 Å². The minimum Gasteiger partial charge on any atom is -0.497 e. The van der Waals surface area contributed by atoms with E-state index in [1.165, 1.54) is 11.3 Å². The van der Waals surface area contributed by atoms with Crippen LogP contribution in [0.15, 0.2) is 46.0 Å². The summed E-state index contributed by atoms with van der Waals surface area (Å²) >= 11 is 1.20. The smallest absolute Gasteiger partial charge is 0.250 e. The summed E-state index contributed by atoms with van der Waals surface area (Å²) in [6, 6.07) is 10.7. The van der Waals surface area contributed by atoms with Crippen molar-refractivity contribution in [2.45, 2.75) is 23.6 Å². The second kappa shape index (κ2) is 5.55. The molecule has 108 valence electrons. The van der Waals surface area contributed by atoms with E-state index in [9.17, 15) is 8.42 Å². The fourth-order valence-electron chi connectivity index (χ4n) is 1.87. The van der Waals surface area contributed by atoms with Crippen LogP contribution in [-0.4, -0.2) is 15.5 Å². The lowest BCUT2D eigenvalue weighted by molar-refractivity contribution is 0.413. The van der Waals surface area contributed by atoms with Crippen molar-refractivity contribution in [1.29, 1.82) is 0 Å². The topological polar surface area (TPSA) is 55.4 Å². The van der Waals surface area contributed by atoms with E-state index in [1.807, 2.05) is 38.1 Å². The average molecular weight is 311 g/mol. The Kier molecular flexibility index (Phi) is 4.17. The van der Waals surface area contributed by atoms with Crippen LogP contribution in [0.5, 0.6) is 5.75 Å². The summed E-state index contributed by atoms with van der Waals surface area (Å²) in [5.74, 6) is 0.741. The molecule has 1 heterocycles. The molecule has 4 nitrogen and oxygen atoms in total. The van der Waals surface area contributed by atoms with Gasteiger partial charge in [0.2, 0.25) is 0 Å². The first-order valence-electron chi connectivity index (χ1n) is 6.07. The maximum absolute atomic E-state index is 12.3. The monoisotopic (exact) mass is 311 g/mol. The molecule has 2 aromatic rings. The van der Waals surface area contributed by atoms with Crippen molar-refractivity contribution in [2.75, 3.05) is 7.11 Å². The maximum Gasteiger partial charge on any atom is 0.250 e. The van der Waals surface area contributed by atoms with Gasteiger partial charge < -0.3 is 4.74 Å². The molecule has 0 radical (unpaired) electrons. The second-order valence-electron chi connectivity index (χ2n) is 4.89. The normalized spacial score (nSPS) is 12.3. The van der Waals surface area contributed by atoms with Crippen LogP contribution in [0.3, 0.4) is 0 Å². The van der Waals surface area contributed by atoms with Crippen LogP contribution in [0.25, 0.3) is 0 Å². The summed E-state index contributed by atoms with van der Waals surface area (Å²) in [5, 5.41) is 1.74. The fraction of sp³-hybridized carbons (Fsp3) is 0.286. The number of rotatable bonds is 5. The Morgan fingerprint density at radius 2 is 1.80 bits per heavy atom. The van der Waals surface area contributed by atoms with Gasteiger partial charge >= 0.3 is 0 Å². The van der Waals surface area contributed by atoms with Gasteiger partial charge in [-0.05, 0) is 43.0 Å². The number of sulfonamides is 1. The molecule has 0 spiro atoms. The largest absolute Gasteiger partial charge is 0.497 e. The third-order valence-corrected chi connectivity index (χ3v) is 6.01. The van der Waals surface area contributed by atoms with Gasteiger partial charge in [-0.2, -0.15) is 0 Å². The first-order chi connectivity index (χ1) is 9.35. The van der Waals surface area contributed by atoms with Crippen molar-refractivity contribution < 1.29 is 13.2 Å². The van der Waals surface area contributed by atoms with Crippen molar-refractivity contribution in [1.82, 2.24) is 4.72 Å². The Labute approximate surface area is 123 Å². The lowest BCUT2D eigenvalue weighted by atomic mass is 9.96. The first kappa shape index (κ1) is 15.0. The third-order valence-electron chi connectivity index (χ3n) is 2.96. The predicted octanol–water partition coefficient (Wildman–Crippen LogP) is 2.97. The number of thiophene rings is 1. The zero-order chi connectivity index (χ0) is 14.8. The minimum absolute atomic E-state index is 0.319. The number of benzene rings is 1. The number of ether oxygens (including phenoxy) is 1. The summed E-state index contributed by atoms with van der Waals surface area (Å²) < 4.78 is 32.7. The van der Waals surface area contributed by atoms with E-state index in [0.29, 0.717) is 4.21 Å². The van der Waals surface area contributed by atoms with Gasteiger partial charge in [0.25, 0.3) is 10.0 Å². The van der Waals surface area contributed by atoms with Crippen LogP contribution in [0.4, 0.5) is 0 Å². The summed E-state index contributed by atoms with van der Waals surface area (Å²) in [4.78, 5) is 0. The van der Waals surface area contributed by atoms with Gasteiger partial charge in [-0.3, -0.25) is 0 Å². The highest BCUT2D eigenvalue weighted by Gasteiger charge is 2.28. The molecule has 0 saturated carbocycles. The summed E-state index contributed by atoms with van der Waals surface area (Å²) in [6.45, 7) is 3.67. The van der Waals surface area contributed by atoms with Crippen LogP contribution in [0.1, 0.15) is 19.4 Å². The van der Waals surface area contributed by atoms with Gasteiger partial charge in [-0.15, -0.1) is 11.3 Å². The molecule has 1 aromatic heterocycles. The van der Waals surface area contributed by atoms with Gasteiger partial charge in [0.05, 0.1) is 12.6 Å². The molecule has 0 saturated heterocycles. The third kappa shape index (κ3) is 3.20. The first-order valence-corrected chi connectivity index (χ1v) is 8.43. The Morgan fingerprint density at radius 1 is 1.15 bits per heavy atom. The molecule has 0 aliphatic carbocycles. The van der Waals surface area contributed by atoms with E-state index in [-0.39, 0.29) is 0 Å². The highest BCUT2D eigenvalue weighted by Crippen LogP contribution is 2.26. The van der Waals surface area contributed by atoms with Gasteiger partial charge in [-0.1, -0.05) is 18.2 Å². The van der Waals surface area contributed by atoms with Crippen molar-refractivity contribution in [3.05, 3.63) is 47.3 Å². The van der Waals surface area contributed by atoms with E-state index < -0.39 is 15.6 Å². The molecule has 0 fully saturated rings. The molecule has 0 atom stereocenters. The van der Waals surface area contributed by atoms with Crippen LogP contribution in [-0.2, 0) is 15.6 Å². The van der Waals surface area contributed by atoms with E-state index in [0.717, 1.165) is 11.3 Å². The summed E-state index contributed by atoms with van der Waals surface area (Å²) in [6.07, 6.45) is 0. The molecule has 6 heteroatoms. The van der Waals surface area contributed by atoms with E-state index in [1.54, 1.807) is 24.6 Å². The van der Waals surface area contributed by atoms with E-state index in [4.69, 9.17) is 4.74 Å². The maximum atomic E-state index is 12.3. The minimum atomic E-state index is -3.50. The van der Waals surface area contributed by atoms with E-state index in [2.05, 4.69) is 4.72 Å².